The van der Waals surface area contributed by atoms with Crippen molar-refractivity contribution < 1.29 is 23.7 Å². The number of carbonyl (C=O) groups excluding carboxylic acids is 3. The Morgan fingerprint density at radius 3 is 2.43 bits per heavy atom. The summed E-state index contributed by atoms with van der Waals surface area (Å²) in [6, 6.07) is 12.7. The number of carbonyl (C=O) groups is 3. The van der Waals surface area contributed by atoms with Gasteiger partial charge in [0, 0.05) is 11.5 Å². The number of rotatable bonds is 4. The lowest BCUT2D eigenvalue weighted by molar-refractivity contribution is -0.0584. The van der Waals surface area contributed by atoms with Gasteiger partial charge in [-0.05, 0) is 37.1 Å². The molecule has 0 unspecified atom stereocenters. The van der Waals surface area contributed by atoms with E-state index >= 15 is 0 Å². The highest BCUT2D eigenvalue weighted by molar-refractivity contribution is 6.21. The molecule has 0 radical (unpaired) electrons. The summed E-state index contributed by atoms with van der Waals surface area (Å²) in [7, 11) is 0. The quantitative estimate of drug-likeness (QED) is 0.646. The molecule has 138 valence electrons. The molecule has 28 heavy (non-hydrogen) atoms. The van der Waals surface area contributed by atoms with Crippen molar-refractivity contribution in [2.75, 3.05) is 0 Å². The van der Waals surface area contributed by atoms with E-state index in [1.807, 2.05) is 0 Å². The van der Waals surface area contributed by atoms with E-state index in [0.29, 0.717) is 28.3 Å². The third kappa shape index (κ3) is 2.66. The molecule has 0 spiro atoms. The van der Waals surface area contributed by atoms with Crippen molar-refractivity contribution in [2.45, 2.75) is 18.8 Å². The number of aromatic nitrogens is 2. The number of hydroxylamine groups is 2. The molecular formula is C20H13N3O5. The Kier molecular flexibility index (Phi) is 3.58. The van der Waals surface area contributed by atoms with Gasteiger partial charge in [0.05, 0.1) is 16.7 Å². The highest BCUT2D eigenvalue weighted by Crippen LogP contribution is 2.39. The second kappa shape index (κ2) is 6.12. The minimum Gasteiger partial charge on any atom is -0.339 e. The van der Waals surface area contributed by atoms with E-state index in [4.69, 9.17) is 9.36 Å². The van der Waals surface area contributed by atoms with Gasteiger partial charge < -0.3 is 9.36 Å². The largest absolute Gasteiger partial charge is 0.363 e. The number of hydrogen-bond acceptors (Lipinski definition) is 7. The van der Waals surface area contributed by atoms with Gasteiger partial charge >= 0.3 is 5.97 Å². The lowest BCUT2D eigenvalue weighted by Crippen LogP contribution is -2.32. The van der Waals surface area contributed by atoms with Crippen molar-refractivity contribution in [1.82, 2.24) is 15.2 Å². The van der Waals surface area contributed by atoms with E-state index in [-0.39, 0.29) is 16.7 Å². The van der Waals surface area contributed by atoms with Gasteiger partial charge in [-0.2, -0.15) is 4.98 Å². The molecule has 5 rings (SSSR count). The fourth-order valence-electron chi connectivity index (χ4n) is 3.02. The fourth-order valence-corrected chi connectivity index (χ4v) is 3.02. The van der Waals surface area contributed by atoms with Gasteiger partial charge in [-0.15, -0.1) is 0 Å². The van der Waals surface area contributed by atoms with E-state index in [1.54, 1.807) is 24.3 Å². The van der Waals surface area contributed by atoms with Gasteiger partial charge in [-0.25, -0.2) is 4.79 Å². The van der Waals surface area contributed by atoms with Gasteiger partial charge in [0.1, 0.15) is 0 Å². The summed E-state index contributed by atoms with van der Waals surface area (Å²) in [4.78, 5) is 46.6. The van der Waals surface area contributed by atoms with Crippen LogP contribution in [0.4, 0.5) is 0 Å². The van der Waals surface area contributed by atoms with Gasteiger partial charge in [0.15, 0.2) is 0 Å². The first-order valence-corrected chi connectivity index (χ1v) is 8.76. The molecule has 0 saturated heterocycles. The van der Waals surface area contributed by atoms with Crippen molar-refractivity contribution in [2.24, 2.45) is 0 Å². The average Bonchev–Trinajstić information content (AvgIpc) is 3.41. The molecule has 2 heterocycles. The van der Waals surface area contributed by atoms with Crippen LogP contribution in [0.15, 0.2) is 53.1 Å². The maximum atomic E-state index is 12.5. The fraction of sp³-hybridized carbons (Fsp3) is 0.150. The molecule has 2 aromatic carbocycles. The third-order valence-electron chi connectivity index (χ3n) is 4.66. The Bertz CT molecular complexity index is 1100. The predicted molar refractivity (Wildman–Crippen MR) is 94.1 cm³/mol. The van der Waals surface area contributed by atoms with Crippen molar-refractivity contribution in [3.05, 3.63) is 71.1 Å². The topological polar surface area (TPSA) is 103 Å². The molecule has 8 nitrogen and oxygen atoms in total. The normalized spacial score (nSPS) is 15.6. The summed E-state index contributed by atoms with van der Waals surface area (Å²) < 4.78 is 5.24. The SMILES string of the molecule is O=C(ON1C(=O)c2ccccc2C1=O)c1cccc(-c2noc(C3CC3)n2)c1. The zero-order chi connectivity index (χ0) is 19.3. The highest BCUT2D eigenvalue weighted by Gasteiger charge is 2.38. The Labute approximate surface area is 158 Å². The molecule has 1 aromatic heterocycles. The van der Waals surface area contributed by atoms with Crippen LogP contribution in [-0.4, -0.2) is 33.0 Å². The minimum atomic E-state index is -0.831. The molecular weight excluding hydrogens is 362 g/mol. The first-order chi connectivity index (χ1) is 13.6. The van der Waals surface area contributed by atoms with Gasteiger partial charge in [-0.3, -0.25) is 9.59 Å². The number of nitrogens with zero attached hydrogens (tertiary/aromatic N) is 3. The molecule has 0 bridgehead atoms. The predicted octanol–water partition coefficient (Wildman–Crippen LogP) is 2.98. The second-order valence-corrected chi connectivity index (χ2v) is 6.64. The molecule has 1 aliphatic heterocycles. The lowest BCUT2D eigenvalue weighted by atomic mass is 10.1. The Hall–Kier alpha value is -3.81. The monoisotopic (exact) mass is 375 g/mol. The summed E-state index contributed by atoms with van der Waals surface area (Å²) in [6.45, 7) is 0. The van der Waals surface area contributed by atoms with Crippen molar-refractivity contribution in [3.63, 3.8) is 0 Å². The van der Waals surface area contributed by atoms with Crippen LogP contribution in [0, 0.1) is 0 Å². The third-order valence-corrected chi connectivity index (χ3v) is 4.66. The van der Waals surface area contributed by atoms with Gasteiger partial charge in [0.25, 0.3) is 11.8 Å². The second-order valence-electron chi connectivity index (χ2n) is 6.64. The van der Waals surface area contributed by atoms with E-state index in [1.165, 1.54) is 24.3 Å². The smallest absolute Gasteiger partial charge is 0.339 e. The van der Waals surface area contributed by atoms with Crippen molar-refractivity contribution >= 4 is 17.8 Å². The van der Waals surface area contributed by atoms with Crippen LogP contribution in [0.25, 0.3) is 11.4 Å². The molecule has 1 aliphatic carbocycles. The number of fused-ring (bicyclic) bond motifs is 1. The van der Waals surface area contributed by atoms with Crippen LogP contribution in [0.5, 0.6) is 0 Å². The van der Waals surface area contributed by atoms with Gasteiger partial charge in [0.2, 0.25) is 11.7 Å². The molecule has 2 aliphatic rings. The van der Waals surface area contributed by atoms with Crippen molar-refractivity contribution in [3.8, 4) is 11.4 Å². The maximum absolute atomic E-state index is 12.5. The Morgan fingerprint density at radius 1 is 1.04 bits per heavy atom. The van der Waals surface area contributed by atoms with Crippen LogP contribution in [0.3, 0.4) is 0 Å². The molecule has 8 heteroatoms. The van der Waals surface area contributed by atoms with E-state index < -0.39 is 17.8 Å². The highest BCUT2D eigenvalue weighted by atomic mass is 16.7. The van der Waals surface area contributed by atoms with Crippen LogP contribution in [-0.2, 0) is 4.84 Å². The van der Waals surface area contributed by atoms with E-state index in [9.17, 15) is 14.4 Å². The zero-order valence-corrected chi connectivity index (χ0v) is 14.5. The zero-order valence-electron chi connectivity index (χ0n) is 14.5. The first kappa shape index (κ1) is 16.4. The standard InChI is InChI=1S/C20H13N3O5/c24-18-14-6-1-2-7-15(14)19(25)23(18)28-20(26)13-5-3-4-12(10-13)16-21-17(27-22-16)11-8-9-11/h1-7,10-11H,8-9H2. The first-order valence-electron chi connectivity index (χ1n) is 8.76. The maximum Gasteiger partial charge on any atom is 0.363 e. The van der Waals surface area contributed by atoms with E-state index in [0.717, 1.165) is 12.8 Å². The summed E-state index contributed by atoms with van der Waals surface area (Å²) in [5, 5.41) is 4.43. The minimum absolute atomic E-state index is 0.159. The molecule has 0 N–H and O–H groups in total. The average molecular weight is 375 g/mol. The number of amides is 2. The van der Waals surface area contributed by atoms with Crippen molar-refractivity contribution in [1.29, 1.82) is 0 Å². The summed E-state index contributed by atoms with van der Waals surface area (Å²) in [6.07, 6.45) is 2.07. The van der Waals surface area contributed by atoms with Crippen LogP contribution in [0.2, 0.25) is 0 Å². The number of benzene rings is 2. The summed E-state index contributed by atoms with van der Waals surface area (Å²) in [5.41, 5.74) is 1.14. The molecule has 0 atom stereocenters. The summed E-state index contributed by atoms with van der Waals surface area (Å²) in [5.74, 6) is -0.883. The summed E-state index contributed by atoms with van der Waals surface area (Å²) >= 11 is 0. The number of hydrogen-bond donors (Lipinski definition) is 0. The van der Waals surface area contributed by atoms with Crippen LogP contribution < -0.4 is 0 Å². The van der Waals surface area contributed by atoms with E-state index in [2.05, 4.69) is 10.1 Å². The van der Waals surface area contributed by atoms with Gasteiger partial charge in [-0.1, -0.05) is 34.5 Å². The lowest BCUT2D eigenvalue weighted by Gasteiger charge is -2.12. The molecule has 3 aromatic rings. The number of imide groups is 1. The molecule has 1 fully saturated rings. The molecule has 2 amide bonds. The Morgan fingerprint density at radius 2 is 1.75 bits per heavy atom. The van der Waals surface area contributed by atoms with Crippen LogP contribution >= 0.6 is 0 Å². The Balaban J connectivity index is 1.37. The molecule has 1 saturated carbocycles. The van der Waals surface area contributed by atoms with Crippen LogP contribution in [0.1, 0.15) is 55.7 Å².